The average molecular weight is 585 g/mol. The van der Waals surface area contributed by atoms with Crippen LogP contribution >= 0.6 is 11.3 Å². The van der Waals surface area contributed by atoms with Crippen molar-refractivity contribution in [3.63, 3.8) is 0 Å². The van der Waals surface area contributed by atoms with Gasteiger partial charge in [0.1, 0.15) is 17.2 Å². The number of hydrogen-bond donors (Lipinski definition) is 2. The number of fused-ring (bicyclic) bond motifs is 1. The number of aromatic amines is 1. The van der Waals surface area contributed by atoms with Gasteiger partial charge in [-0.2, -0.15) is 9.61 Å². The van der Waals surface area contributed by atoms with Crippen molar-refractivity contribution in [3.8, 4) is 21.8 Å². The molecule has 0 bridgehead atoms. The lowest BCUT2D eigenvalue weighted by Gasteiger charge is -2.23. The van der Waals surface area contributed by atoms with Crippen LogP contribution in [0.4, 0.5) is 5.82 Å². The Kier molecular flexibility index (Phi) is 7.31. The molecule has 1 amide bonds. The number of aryl methyl sites for hydroxylation is 1. The first-order chi connectivity index (χ1) is 20.3. The van der Waals surface area contributed by atoms with Gasteiger partial charge in [-0.1, -0.05) is 11.6 Å². The number of nitrogens with two attached hydrogens (primary N) is 1. The minimum absolute atomic E-state index is 0.127. The van der Waals surface area contributed by atoms with Gasteiger partial charge in [-0.3, -0.25) is 14.6 Å². The summed E-state index contributed by atoms with van der Waals surface area (Å²) in [6.45, 7) is 3.95. The number of ketones is 1. The minimum atomic E-state index is -0.259. The first kappa shape index (κ1) is 27.4. The van der Waals surface area contributed by atoms with Crippen LogP contribution in [0.5, 0.6) is 0 Å². The molecule has 1 unspecified atom stereocenters. The van der Waals surface area contributed by atoms with Crippen molar-refractivity contribution in [2.45, 2.75) is 45.8 Å². The number of aromatic nitrogens is 8. The number of rotatable bonds is 9. The van der Waals surface area contributed by atoms with E-state index in [-0.39, 0.29) is 29.4 Å². The molecule has 5 aromatic heterocycles. The lowest BCUT2D eigenvalue weighted by Crippen LogP contribution is -2.34. The smallest absolute Gasteiger partial charge is 0.295 e. The fraction of sp³-hybridized carbons (Fsp3) is 0.286. The van der Waals surface area contributed by atoms with E-state index in [1.807, 2.05) is 25.3 Å². The topological polar surface area (TPSA) is 170 Å². The molecule has 214 valence electrons. The number of amides is 1. The van der Waals surface area contributed by atoms with Crippen LogP contribution in [0.1, 0.15) is 58.2 Å². The highest BCUT2D eigenvalue weighted by Gasteiger charge is 2.31. The van der Waals surface area contributed by atoms with Gasteiger partial charge in [0, 0.05) is 42.9 Å². The van der Waals surface area contributed by atoms with Gasteiger partial charge in [-0.25, -0.2) is 9.97 Å². The highest BCUT2D eigenvalue weighted by atomic mass is 32.1. The normalized spacial score (nSPS) is 15.0. The molecule has 5 aromatic rings. The fourth-order valence-electron chi connectivity index (χ4n) is 5.21. The SMILES string of the molecule is COCc1cnc(-c2ccc(-c3cnn4c(N)c(C(C)=O)c(CCC5CC(C)=CN5C(=O)c5nnc[nH]5)nc34)cn2)s1. The van der Waals surface area contributed by atoms with E-state index >= 15 is 0 Å². The van der Waals surface area contributed by atoms with Crippen LogP contribution in [0.3, 0.4) is 0 Å². The Morgan fingerprint density at radius 2 is 2.07 bits per heavy atom. The van der Waals surface area contributed by atoms with Gasteiger partial charge in [0.2, 0.25) is 5.82 Å². The van der Waals surface area contributed by atoms with Crippen LogP contribution in [-0.4, -0.2) is 69.5 Å². The molecule has 0 radical (unpaired) electrons. The Morgan fingerprint density at radius 1 is 1.21 bits per heavy atom. The zero-order valence-corrected chi connectivity index (χ0v) is 24.1. The highest BCUT2D eigenvalue weighted by molar-refractivity contribution is 7.14. The molecule has 14 heteroatoms. The predicted molar refractivity (Wildman–Crippen MR) is 155 cm³/mol. The fourth-order valence-corrected chi connectivity index (χ4v) is 6.07. The summed E-state index contributed by atoms with van der Waals surface area (Å²) in [6.07, 6.45) is 10.1. The second-order valence-corrected chi connectivity index (χ2v) is 11.2. The number of carbonyl (C=O) groups is 2. The number of methoxy groups -OCH3 is 1. The predicted octanol–water partition coefficient (Wildman–Crippen LogP) is 3.72. The Bertz CT molecular complexity index is 1810. The van der Waals surface area contributed by atoms with Crippen molar-refractivity contribution in [1.29, 1.82) is 0 Å². The molecule has 3 N–H and O–H groups in total. The van der Waals surface area contributed by atoms with Crippen LogP contribution in [0, 0.1) is 0 Å². The van der Waals surface area contributed by atoms with Gasteiger partial charge < -0.3 is 20.4 Å². The Balaban J connectivity index is 1.29. The largest absolute Gasteiger partial charge is 0.383 e. The molecule has 0 saturated carbocycles. The lowest BCUT2D eigenvalue weighted by atomic mass is 10.0. The molecule has 0 fully saturated rings. The standard InChI is InChI=1S/C28H28N10O3S/c1-15-8-18(37(12-15)28(40)25-32-14-33-36-25)5-7-21-23(16(2)39)24(29)38-26(35-21)20(11-34-38)17-4-6-22(30-9-17)27-31-10-19(42-27)13-41-3/h4,6,9-12,14,18H,5,7-8,13,29H2,1-3H3,(H,32,33,36). The number of nitrogen functional groups attached to an aromatic ring is 1. The van der Waals surface area contributed by atoms with Gasteiger partial charge >= 0.3 is 0 Å². The van der Waals surface area contributed by atoms with E-state index in [9.17, 15) is 9.59 Å². The molecule has 1 aliphatic heterocycles. The van der Waals surface area contributed by atoms with E-state index in [0.717, 1.165) is 32.3 Å². The number of nitrogens with one attached hydrogen (secondary N) is 1. The van der Waals surface area contributed by atoms with Crippen LogP contribution in [0.15, 0.2) is 48.8 Å². The van der Waals surface area contributed by atoms with E-state index in [4.69, 9.17) is 15.5 Å². The number of anilines is 1. The van der Waals surface area contributed by atoms with Crippen LogP contribution in [0.25, 0.3) is 27.5 Å². The number of ether oxygens (including phenoxy) is 1. The molecule has 13 nitrogen and oxygen atoms in total. The second-order valence-electron chi connectivity index (χ2n) is 10.1. The highest BCUT2D eigenvalue weighted by Crippen LogP contribution is 2.31. The number of hydrogen-bond acceptors (Lipinski definition) is 11. The van der Waals surface area contributed by atoms with Gasteiger partial charge in [0.05, 0.1) is 34.6 Å². The van der Waals surface area contributed by atoms with E-state index < -0.39 is 0 Å². The lowest BCUT2D eigenvalue weighted by molar-refractivity contribution is 0.0767. The number of Topliss-reactive ketones (excluding diaryl/α,β-unsaturated/α-hetero) is 1. The Hall–Kier alpha value is -4.82. The second kappa shape index (κ2) is 11.2. The summed E-state index contributed by atoms with van der Waals surface area (Å²) in [7, 11) is 1.65. The van der Waals surface area contributed by atoms with Crippen LogP contribution in [-0.2, 0) is 17.8 Å². The molecule has 1 aliphatic rings. The molecule has 6 heterocycles. The summed E-state index contributed by atoms with van der Waals surface area (Å²) in [4.78, 5) is 45.2. The molecule has 0 aromatic carbocycles. The van der Waals surface area contributed by atoms with Crippen LogP contribution in [0.2, 0.25) is 0 Å². The van der Waals surface area contributed by atoms with E-state index in [1.54, 1.807) is 30.6 Å². The Morgan fingerprint density at radius 3 is 2.79 bits per heavy atom. The number of nitrogens with zero attached hydrogens (tertiary/aromatic N) is 8. The number of thiazole rings is 1. The summed E-state index contributed by atoms with van der Waals surface area (Å²) in [5, 5.41) is 12.8. The molecule has 0 saturated heterocycles. The minimum Gasteiger partial charge on any atom is -0.383 e. The first-order valence-corrected chi connectivity index (χ1v) is 14.1. The zero-order chi connectivity index (χ0) is 29.4. The van der Waals surface area contributed by atoms with Crippen molar-refractivity contribution in [2.75, 3.05) is 12.8 Å². The summed E-state index contributed by atoms with van der Waals surface area (Å²) in [5.74, 6) is -0.0626. The van der Waals surface area contributed by atoms with E-state index in [1.165, 1.54) is 29.1 Å². The third-order valence-corrected chi connectivity index (χ3v) is 8.12. The maximum absolute atomic E-state index is 13.0. The zero-order valence-electron chi connectivity index (χ0n) is 23.2. The van der Waals surface area contributed by atoms with Gasteiger partial charge in [-0.05, 0) is 39.2 Å². The quantitative estimate of drug-likeness (QED) is 0.243. The molecular formula is C28H28N10O3S. The van der Waals surface area contributed by atoms with Gasteiger partial charge in [0.15, 0.2) is 11.4 Å². The number of carbonyl (C=O) groups excluding carboxylic acids is 2. The molecule has 0 aliphatic carbocycles. The van der Waals surface area contributed by atoms with Crippen molar-refractivity contribution in [2.24, 2.45) is 0 Å². The molecule has 0 spiro atoms. The van der Waals surface area contributed by atoms with E-state index in [0.29, 0.717) is 42.8 Å². The maximum Gasteiger partial charge on any atom is 0.295 e. The van der Waals surface area contributed by atoms with Gasteiger partial charge in [0.25, 0.3) is 5.91 Å². The third-order valence-electron chi connectivity index (χ3n) is 7.12. The van der Waals surface area contributed by atoms with E-state index in [2.05, 4.69) is 30.2 Å². The van der Waals surface area contributed by atoms with Gasteiger partial charge in [-0.15, -0.1) is 21.5 Å². The average Bonchev–Trinajstić information content (AvgIpc) is 3.79. The molecule has 1 atom stereocenters. The summed E-state index contributed by atoms with van der Waals surface area (Å²) in [6, 6.07) is 3.71. The Labute approximate surface area is 244 Å². The third kappa shape index (κ3) is 5.05. The molecular weight excluding hydrogens is 556 g/mol. The van der Waals surface area contributed by atoms with Crippen molar-refractivity contribution < 1.29 is 14.3 Å². The van der Waals surface area contributed by atoms with Crippen molar-refractivity contribution >= 4 is 34.5 Å². The summed E-state index contributed by atoms with van der Waals surface area (Å²) < 4.78 is 6.68. The number of pyridine rings is 1. The first-order valence-electron chi connectivity index (χ1n) is 13.3. The number of H-pyrrole nitrogens is 1. The summed E-state index contributed by atoms with van der Waals surface area (Å²) in [5.41, 5.74) is 11.3. The van der Waals surface area contributed by atoms with Crippen molar-refractivity contribution in [3.05, 3.63) is 70.8 Å². The monoisotopic (exact) mass is 584 g/mol. The van der Waals surface area contributed by atoms with Crippen molar-refractivity contribution in [1.82, 2.24) is 44.6 Å². The summed E-state index contributed by atoms with van der Waals surface area (Å²) >= 11 is 1.53. The molecule has 42 heavy (non-hydrogen) atoms. The molecule has 6 rings (SSSR count). The maximum atomic E-state index is 13.0. The van der Waals surface area contributed by atoms with Crippen LogP contribution < -0.4 is 5.73 Å².